The SMILES string of the molecule is OCC1(F)CCCC1F. The van der Waals surface area contributed by atoms with Gasteiger partial charge in [-0.3, -0.25) is 0 Å². The van der Waals surface area contributed by atoms with E-state index in [0.29, 0.717) is 6.42 Å². The first-order valence-corrected chi connectivity index (χ1v) is 3.13. The van der Waals surface area contributed by atoms with Crippen molar-refractivity contribution in [2.45, 2.75) is 31.1 Å². The summed E-state index contributed by atoms with van der Waals surface area (Å²) in [6.45, 7) is -0.672. The van der Waals surface area contributed by atoms with Crippen LogP contribution in [0.2, 0.25) is 0 Å². The minimum atomic E-state index is -1.92. The summed E-state index contributed by atoms with van der Waals surface area (Å²) in [7, 11) is 0. The first-order valence-electron chi connectivity index (χ1n) is 3.13. The summed E-state index contributed by atoms with van der Waals surface area (Å²) >= 11 is 0. The summed E-state index contributed by atoms with van der Waals surface area (Å²) in [5.41, 5.74) is -1.92. The van der Waals surface area contributed by atoms with Crippen LogP contribution >= 0.6 is 0 Å². The maximum absolute atomic E-state index is 12.8. The molecule has 9 heavy (non-hydrogen) atoms. The summed E-state index contributed by atoms with van der Waals surface area (Å²) in [6, 6.07) is 0. The first kappa shape index (κ1) is 6.93. The Morgan fingerprint density at radius 2 is 2.33 bits per heavy atom. The molecule has 3 heteroatoms. The number of aliphatic hydroxyl groups excluding tert-OH is 1. The normalized spacial score (nSPS) is 43.7. The molecule has 2 atom stereocenters. The van der Waals surface area contributed by atoms with Crippen molar-refractivity contribution < 1.29 is 13.9 Å². The second-order valence-electron chi connectivity index (χ2n) is 2.55. The monoisotopic (exact) mass is 136 g/mol. The molecule has 1 fully saturated rings. The van der Waals surface area contributed by atoms with E-state index in [2.05, 4.69) is 0 Å². The summed E-state index contributed by atoms with van der Waals surface area (Å²) in [5, 5.41) is 8.38. The van der Waals surface area contributed by atoms with Gasteiger partial charge in [-0.15, -0.1) is 0 Å². The zero-order valence-electron chi connectivity index (χ0n) is 5.11. The lowest BCUT2D eigenvalue weighted by Gasteiger charge is -2.17. The van der Waals surface area contributed by atoms with Crippen molar-refractivity contribution in [3.05, 3.63) is 0 Å². The fraction of sp³-hybridized carbons (Fsp3) is 1.00. The molecular formula is C6H10F2O. The second kappa shape index (κ2) is 2.21. The fourth-order valence-electron chi connectivity index (χ4n) is 1.17. The molecule has 0 radical (unpaired) electrons. The van der Waals surface area contributed by atoms with Gasteiger partial charge in [-0.25, -0.2) is 8.78 Å². The number of aliphatic hydroxyl groups is 1. The van der Waals surface area contributed by atoms with Crippen molar-refractivity contribution in [3.8, 4) is 0 Å². The zero-order valence-corrected chi connectivity index (χ0v) is 5.11. The fourth-order valence-corrected chi connectivity index (χ4v) is 1.17. The Bertz CT molecular complexity index is 107. The standard InChI is InChI=1S/C6H10F2O/c7-5-2-1-3-6(5,8)4-9/h5,9H,1-4H2. The molecular weight excluding hydrogens is 126 g/mol. The molecule has 54 valence electrons. The Morgan fingerprint density at radius 3 is 2.56 bits per heavy atom. The van der Waals surface area contributed by atoms with Gasteiger partial charge in [0.25, 0.3) is 0 Å². The Morgan fingerprint density at radius 1 is 1.67 bits per heavy atom. The minimum absolute atomic E-state index is 0.171. The van der Waals surface area contributed by atoms with Gasteiger partial charge in [0, 0.05) is 0 Å². The molecule has 0 bridgehead atoms. The van der Waals surface area contributed by atoms with E-state index >= 15 is 0 Å². The lowest BCUT2D eigenvalue weighted by atomic mass is 10.1. The third-order valence-corrected chi connectivity index (χ3v) is 1.87. The highest BCUT2D eigenvalue weighted by atomic mass is 19.2. The number of hydrogen-bond donors (Lipinski definition) is 1. The lowest BCUT2D eigenvalue weighted by molar-refractivity contribution is 0.0184. The van der Waals surface area contributed by atoms with Gasteiger partial charge in [0.05, 0.1) is 6.61 Å². The summed E-state index contributed by atoms with van der Waals surface area (Å²) < 4.78 is 25.2. The van der Waals surface area contributed by atoms with E-state index in [1.54, 1.807) is 0 Å². The molecule has 0 aromatic heterocycles. The molecule has 1 N–H and O–H groups in total. The predicted octanol–water partition coefficient (Wildman–Crippen LogP) is 1.21. The Balaban J connectivity index is 2.56. The van der Waals surface area contributed by atoms with Gasteiger partial charge < -0.3 is 5.11 Å². The maximum atomic E-state index is 12.8. The number of halogens is 2. The molecule has 0 aliphatic heterocycles. The van der Waals surface area contributed by atoms with Crippen LogP contribution in [-0.4, -0.2) is 23.6 Å². The molecule has 1 saturated carbocycles. The average Bonchev–Trinajstić information content (AvgIpc) is 2.15. The van der Waals surface area contributed by atoms with Crippen molar-refractivity contribution >= 4 is 0 Å². The zero-order chi connectivity index (χ0) is 6.91. The number of alkyl halides is 2. The molecule has 1 aliphatic rings. The van der Waals surface area contributed by atoms with Gasteiger partial charge in [0.1, 0.15) is 6.17 Å². The van der Waals surface area contributed by atoms with E-state index in [0.717, 1.165) is 0 Å². The van der Waals surface area contributed by atoms with Crippen LogP contribution in [0.5, 0.6) is 0 Å². The number of hydrogen-bond acceptors (Lipinski definition) is 1. The summed E-state index contributed by atoms with van der Waals surface area (Å²) in [5.74, 6) is 0. The van der Waals surface area contributed by atoms with Crippen LogP contribution < -0.4 is 0 Å². The van der Waals surface area contributed by atoms with Gasteiger partial charge in [0.15, 0.2) is 5.67 Å². The predicted molar refractivity (Wildman–Crippen MR) is 29.7 cm³/mol. The van der Waals surface area contributed by atoms with Crippen molar-refractivity contribution in [2.24, 2.45) is 0 Å². The van der Waals surface area contributed by atoms with Crippen LogP contribution in [0.1, 0.15) is 19.3 Å². The third-order valence-electron chi connectivity index (χ3n) is 1.87. The molecule has 0 heterocycles. The molecule has 1 aliphatic carbocycles. The van der Waals surface area contributed by atoms with Crippen molar-refractivity contribution in [1.29, 1.82) is 0 Å². The maximum Gasteiger partial charge on any atom is 0.164 e. The quantitative estimate of drug-likeness (QED) is 0.574. The van der Waals surface area contributed by atoms with E-state index in [1.165, 1.54) is 0 Å². The van der Waals surface area contributed by atoms with E-state index in [-0.39, 0.29) is 12.8 Å². The largest absolute Gasteiger partial charge is 0.393 e. The topological polar surface area (TPSA) is 20.2 Å². The molecule has 1 nitrogen and oxygen atoms in total. The lowest BCUT2D eigenvalue weighted by Crippen LogP contribution is -2.33. The van der Waals surface area contributed by atoms with Crippen LogP contribution in [0.25, 0.3) is 0 Å². The molecule has 0 aromatic rings. The smallest absolute Gasteiger partial charge is 0.164 e. The molecule has 2 unspecified atom stereocenters. The van der Waals surface area contributed by atoms with Gasteiger partial charge in [-0.2, -0.15) is 0 Å². The van der Waals surface area contributed by atoms with Crippen molar-refractivity contribution in [2.75, 3.05) is 6.61 Å². The molecule has 1 rings (SSSR count). The highest BCUT2D eigenvalue weighted by Crippen LogP contribution is 2.35. The molecule has 0 spiro atoms. The van der Waals surface area contributed by atoms with Gasteiger partial charge >= 0.3 is 0 Å². The van der Waals surface area contributed by atoms with E-state index in [4.69, 9.17) is 5.11 Å². The van der Waals surface area contributed by atoms with Gasteiger partial charge in [-0.1, -0.05) is 0 Å². The molecule has 0 saturated heterocycles. The van der Waals surface area contributed by atoms with Crippen molar-refractivity contribution in [3.63, 3.8) is 0 Å². The first-order chi connectivity index (χ1) is 4.19. The number of rotatable bonds is 1. The molecule has 0 aromatic carbocycles. The highest BCUT2D eigenvalue weighted by molar-refractivity contribution is 4.92. The Labute approximate surface area is 52.7 Å². The van der Waals surface area contributed by atoms with Gasteiger partial charge in [-0.05, 0) is 19.3 Å². The van der Waals surface area contributed by atoms with E-state index in [1.807, 2.05) is 0 Å². The van der Waals surface area contributed by atoms with Crippen LogP contribution in [0, 0.1) is 0 Å². The van der Waals surface area contributed by atoms with E-state index < -0.39 is 18.4 Å². The van der Waals surface area contributed by atoms with E-state index in [9.17, 15) is 8.78 Å². The van der Waals surface area contributed by atoms with Crippen LogP contribution in [0.4, 0.5) is 8.78 Å². The van der Waals surface area contributed by atoms with Crippen LogP contribution in [-0.2, 0) is 0 Å². The van der Waals surface area contributed by atoms with Crippen LogP contribution in [0.15, 0.2) is 0 Å². The summed E-state index contributed by atoms with van der Waals surface area (Å²) in [6.07, 6.45) is -0.456. The van der Waals surface area contributed by atoms with Crippen molar-refractivity contribution in [1.82, 2.24) is 0 Å². The van der Waals surface area contributed by atoms with Crippen LogP contribution in [0.3, 0.4) is 0 Å². The summed E-state index contributed by atoms with van der Waals surface area (Å²) in [4.78, 5) is 0. The highest BCUT2D eigenvalue weighted by Gasteiger charge is 2.43. The minimum Gasteiger partial charge on any atom is -0.393 e. The Hall–Kier alpha value is -0.180. The average molecular weight is 136 g/mol. The molecule has 0 amide bonds. The second-order valence-corrected chi connectivity index (χ2v) is 2.55. The third kappa shape index (κ3) is 1.06. The Kier molecular flexibility index (Phi) is 1.70. The van der Waals surface area contributed by atoms with Gasteiger partial charge in [0.2, 0.25) is 0 Å².